The molecule has 2 aliphatic rings. The number of aryl methyl sites for hydroxylation is 2. The van der Waals surface area contributed by atoms with Gasteiger partial charge in [0.15, 0.2) is 5.78 Å². The molecule has 0 bridgehead atoms. The van der Waals surface area contributed by atoms with E-state index in [1.165, 1.54) is 9.75 Å². The van der Waals surface area contributed by atoms with Crippen molar-refractivity contribution in [2.75, 3.05) is 6.54 Å². The van der Waals surface area contributed by atoms with Gasteiger partial charge in [-0.1, -0.05) is 0 Å². The largest absolute Gasteiger partial charge is 0.487 e. The number of thiophene rings is 2. The van der Waals surface area contributed by atoms with E-state index in [1.54, 1.807) is 22.7 Å². The van der Waals surface area contributed by atoms with E-state index in [2.05, 4.69) is 12.2 Å². The molecule has 0 spiro atoms. The summed E-state index contributed by atoms with van der Waals surface area (Å²) in [5.74, 6) is 1.11. The van der Waals surface area contributed by atoms with E-state index in [0.717, 1.165) is 37.0 Å². The highest BCUT2D eigenvalue weighted by molar-refractivity contribution is 7.12. The highest BCUT2D eigenvalue weighted by Gasteiger charge is 2.37. The Hall–Kier alpha value is -0.920. The molecule has 142 valence electrons. The SMILES string of the molecule is Cc1cc2c(s1)CCC(CNC1CCC(Oc3ccsc3)C1O)C2=O.Cl. The third-order valence-electron chi connectivity index (χ3n) is 5.25. The van der Waals surface area contributed by atoms with Crippen molar-refractivity contribution in [3.05, 3.63) is 38.2 Å². The minimum atomic E-state index is -0.530. The van der Waals surface area contributed by atoms with Gasteiger partial charge in [0.2, 0.25) is 0 Å². The Morgan fingerprint density at radius 2 is 2.19 bits per heavy atom. The lowest BCUT2D eigenvalue weighted by molar-refractivity contribution is 0.0444. The van der Waals surface area contributed by atoms with Gasteiger partial charge in [0, 0.05) is 39.2 Å². The Labute approximate surface area is 168 Å². The highest BCUT2D eigenvalue weighted by atomic mass is 35.5. The van der Waals surface area contributed by atoms with Gasteiger partial charge in [-0.2, -0.15) is 0 Å². The van der Waals surface area contributed by atoms with Crippen LogP contribution in [0.2, 0.25) is 0 Å². The van der Waals surface area contributed by atoms with Crippen molar-refractivity contribution in [3.63, 3.8) is 0 Å². The Morgan fingerprint density at radius 3 is 2.96 bits per heavy atom. The van der Waals surface area contributed by atoms with Crippen LogP contribution < -0.4 is 10.1 Å². The summed E-state index contributed by atoms with van der Waals surface area (Å²) in [5.41, 5.74) is 0.922. The molecule has 7 heteroatoms. The van der Waals surface area contributed by atoms with Crippen LogP contribution in [-0.2, 0) is 6.42 Å². The first-order chi connectivity index (χ1) is 12.1. The molecule has 1 fully saturated rings. The number of aliphatic hydroxyl groups excluding tert-OH is 1. The van der Waals surface area contributed by atoms with Crippen LogP contribution >= 0.6 is 35.1 Å². The first-order valence-electron chi connectivity index (χ1n) is 8.85. The van der Waals surface area contributed by atoms with Gasteiger partial charge in [0.05, 0.1) is 0 Å². The maximum absolute atomic E-state index is 12.7. The van der Waals surface area contributed by atoms with Crippen LogP contribution in [0.25, 0.3) is 0 Å². The number of carbonyl (C=O) groups excluding carboxylic acids is 1. The summed E-state index contributed by atoms with van der Waals surface area (Å²) in [7, 11) is 0. The summed E-state index contributed by atoms with van der Waals surface area (Å²) < 4.78 is 5.87. The fraction of sp³-hybridized carbons (Fsp3) is 0.526. The van der Waals surface area contributed by atoms with Gasteiger partial charge in [0.1, 0.15) is 18.0 Å². The van der Waals surface area contributed by atoms with Gasteiger partial charge >= 0.3 is 0 Å². The van der Waals surface area contributed by atoms with E-state index in [4.69, 9.17) is 4.74 Å². The number of hydrogen-bond acceptors (Lipinski definition) is 6. The number of ether oxygens (including phenoxy) is 1. The Balaban J connectivity index is 0.00000196. The zero-order chi connectivity index (χ0) is 17.4. The number of Topliss-reactive ketones (excluding diaryl/α,β-unsaturated/α-hetero) is 1. The smallest absolute Gasteiger partial charge is 0.168 e. The molecule has 4 atom stereocenters. The van der Waals surface area contributed by atoms with E-state index >= 15 is 0 Å². The second kappa shape index (κ2) is 8.40. The number of halogens is 1. The van der Waals surface area contributed by atoms with Gasteiger partial charge in [-0.15, -0.1) is 35.1 Å². The van der Waals surface area contributed by atoms with Gasteiger partial charge in [-0.05, 0) is 50.1 Å². The zero-order valence-corrected chi connectivity index (χ0v) is 17.1. The molecule has 4 nitrogen and oxygen atoms in total. The summed E-state index contributed by atoms with van der Waals surface area (Å²) >= 11 is 3.34. The van der Waals surface area contributed by atoms with Crippen LogP contribution in [0, 0.1) is 12.8 Å². The number of ketones is 1. The van der Waals surface area contributed by atoms with Gasteiger partial charge in [-0.3, -0.25) is 4.79 Å². The highest BCUT2D eigenvalue weighted by Crippen LogP contribution is 2.32. The van der Waals surface area contributed by atoms with Gasteiger partial charge in [0.25, 0.3) is 0 Å². The molecule has 2 N–H and O–H groups in total. The van der Waals surface area contributed by atoms with Crippen molar-refractivity contribution < 1.29 is 14.6 Å². The molecule has 2 heterocycles. The first kappa shape index (κ1) is 19.8. The van der Waals surface area contributed by atoms with Crippen molar-refractivity contribution in [1.82, 2.24) is 5.32 Å². The average molecular weight is 414 g/mol. The van der Waals surface area contributed by atoms with Crippen molar-refractivity contribution in [3.8, 4) is 5.75 Å². The lowest BCUT2D eigenvalue weighted by Crippen LogP contribution is -2.44. The van der Waals surface area contributed by atoms with E-state index in [0.29, 0.717) is 6.54 Å². The topological polar surface area (TPSA) is 58.6 Å². The van der Waals surface area contributed by atoms with Crippen molar-refractivity contribution >= 4 is 40.9 Å². The Kier molecular flexibility index (Phi) is 6.41. The van der Waals surface area contributed by atoms with Crippen LogP contribution in [0.3, 0.4) is 0 Å². The number of nitrogens with one attached hydrogen (secondary N) is 1. The lowest BCUT2D eigenvalue weighted by Gasteiger charge is -2.25. The lowest BCUT2D eigenvalue weighted by atomic mass is 9.87. The van der Waals surface area contributed by atoms with E-state index in [-0.39, 0.29) is 36.3 Å². The molecule has 0 aliphatic heterocycles. The second-order valence-electron chi connectivity index (χ2n) is 6.99. The fourth-order valence-corrected chi connectivity index (χ4v) is 5.51. The fourth-order valence-electron chi connectivity index (χ4n) is 3.89. The quantitative estimate of drug-likeness (QED) is 0.781. The number of hydrogen-bond donors (Lipinski definition) is 2. The monoisotopic (exact) mass is 413 g/mol. The molecule has 2 aromatic heterocycles. The number of aliphatic hydroxyl groups is 1. The summed E-state index contributed by atoms with van der Waals surface area (Å²) in [6.07, 6.45) is 2.90. The molecular formula is C19H24ClNO3S2. The van der Waals surface area contributed by atoms with Crippen LogP contribution in [0.15, 0.2) is 22.9 Å². The molecule has 4 rings (SSSR count). The molecule has 4 unspecified atom stereocenters. The zero-order valence-electron chi connectivity index (χ0n) is 14.6. The first-order valence-corrected chi connectivity index (χ1v) is 10.6. The standard InChI is InChI=1S/C19H23NO3S2.ClH/c1-11-8-14-17(25-11)5-2-12(18(14)21)9-20-15-3-4-16(19(15)22)23-13-6-7-24-10-13;/h6-8,10,12,15-16,19-20,22H,2-5,9H2,1H3;1H. The molecule has 0 radical (unpaired) electrons. The van der Waals surface area contributed by atoms with E-state index < -0.39 is 6.10 Å². The van der Waals surface area contributed by atoms with Crippen LogP contribution in [-0.4, -0.2) is 35.7 Å². The molecule has 0 amide bonds. The molecule has 26 heavy (non-hydrogen) atoms. The third kappa shape index (κ3) is 3.99. The van der Waals surface area contributed by atoms with E-state index in [1.807, 2.05) is 22.9 Å². The van der Waals surface area contributed by atoms with Gasteiger partial charge < -0.3 is 15.2 Å². The minimum absolute atomic E-state index is 0. The molecule has 0 saturated heterocycles. The predicted molar refractivity (Wildman–Crippen MR) is 108 cm³/mol. The molecular weight excluding hydrogens is 390 g/mol. The summed E-state index contributed by atoms with van der Waals surface area (Å²) in [4.78, 5) is 15.1. The number of fused-ring (bicyclic) bond motifs is 1. The summed E-state index contributed by atoms with van der Waals surface area (Å²) in [6, 6.07) is 3.96. The summed E-state index contributed by atoms with van der Waals surface area (Å²) in [5, 5.41) is 17.9. The average Bonchev–Trinajstić information content (AvgIpc) is 3.30. The maximum Gasteiger partial charge on any atom is 0.168 e. The maximum atomic E-state index is 12.7. The third-order valence-corrected chi connectivity index (χ3v) is 7.02. The minimum Gasteiger partial charge on any atom is -0.487 e. The normalized spacial score (nSPS) is 27.8. The van der Waals surface area contributed by atoms with Crippen LogP contribution in [0.5, 0.6) is 5.75 Å². The Morgan fingerprint density at radius 1 is 1.35 bits per heavy atom. The molecule has 0 aromatic carbocycles. The van der Waals surface area contributed by atoms with E-state index in [9.17, 15) is 9.90 Å². The van der Waals surface area contributed by atoms with Crippen molar-refractivity contribution in [2.24, 2.45) is 5.92 Å². The second-order valence-corrected chi connectivity index (χ2v) is 9.11. The molecule has 2 aliphatic carbocycles. The van der Waals surface area contributed by atoms with Crippen LogP contribution in [0.4, 0.5) is 0 Å². The van der Waals surface area contributed by atoms with Crippen LogP contribution in [0.1, 0.15) is 39.4 Å². The predicted octanol–water partition coefficient (Wildman–Crippen LogP) is 3.85. The number of rotatable bonds is 5. The van der Waals surface area contributed by atoms with Crippen molar-refractivity contribution in [2.45, 2.75) is 50.9 Å². The van der Waals surface area contributed by atoms with Crippen molar-refractivity contribution in [1.29, 1.82) is 0 Å². The molecule has 2 aromatic rings. The summed E-state index contributed by atoms with van der Waals surface area (Å²) in [6.45, 7) is 2.70. The van der Waals surface area contributed by atoms with Gasteiger partial charge in [-0.25, -0.2) is 0 Å². The Bertz CT molecular complexity index is 746. The molecule has 1 saturated carbocycles. The number of carbonyl (C=O) groups is 1.